The van der Waals surface area contributed by atoms with Gasteiger partial charge in [-0.05, 0) is 42.4 Å². The summed E-state index contributed by atoms with van der Waals surface area (Å²) in [6.45, 7) is 0. The number of ether oxygens (including phenoxy) is 2. The first-order valence-corrected chi connectivity index (χ1v) is 11.7. The summed E-state index contributed by atoms with van der Waals surface area (Å²) in [7, 11) is 3.32. The fourth-order valence-electron chi connectivity index (χ4n) is 3.45. The highest BCUT2D eigenvalue weighted by Crippen LogP contribution is 2.45. The lowest BCUT2D eigenvalue weighted by Crippen LogP contribution is -2.09. The van der Waals surface area contributed by atoms with Crippen LogP contribution in [0, 0.1) is 5.92 Å². The van der Waals surface area contributed by atoms with Crippen LogP contribution < -0.4 is 14.8 Å². The second-order valence-electron chi connectivity index (χ2n) is 7.17. The molecule has 2 aromatic rings. The van der Waals surface area contributed by atoms with E-state index in [0.717, 1.165) is 28.0 Å². The van der Waals surface area contributed by atoms with E-state index in [1.54, 1.807) is 37.7 Å². The molecule has 4 rings (SSSR count). The number of nitrogens with zero attached hydrogens (tertiary/aromatic N) is 1. The van der Waals surface area contributed by atoms with Crippen LogP contribution in [0.4, 0.5) is 5.69 Å². The topological polar surface area (TPSA) is 42.9 Å². The molecule has 0 spiro atoms. The third-order valence-corrected chi connectivity index (χ3v) is 7.03. The number of methoxy groups -OCH3 is 2. The number of rotatable bonds is 8. The van der Waals surface area contributed by atoms with Crippen molar-refractivity contribution in [3.63, 3.8) is 0 Å². The standard InChI is InChI=1S/C22H26N2O2S2/c1-25-19-11-18-21(12-20(19)26-2)28-22(24-18)23-13-16(10-14-4-5-14)15-6-8-17(27-3)9-7-15/h6-9,11-14,16,22,24H,4-5,10H2,1-3H3/b23-13+. The first-order valence-electron chi connectivity index (χ1n) is 9.56. The van der Waals surface area contributed by atoms with Gasteiger partial charge in [-0.2, -0.15) is 0 Å². The Balaban J connectivity index is 1.49. The van der Waals surface area contributed by atoms with Gasteiger partial charge in [-0.15, -0.1) is 11.8 Å². The number of thioether (sulfide) groups is 2. The second-order valence-corrected chi connectivity index (χ2v) is 9.18. The molecular weight excluding hydrogens is 388 g/mol. The van der Waals surface area contributed by atoms with Crippen LogP contribution in [-0.4, -0.2) is 32.2 Å². The van der Waals surface area contributed by atoms with Crippen molar-refractivity contribution in [2.45, 2.75) is 40.5 Å². The lowest BCUT2D eigenvalue weighted by molar-refractivity contribution is 0.354. The first kappa shape index (κ1) is 19.5. The maximum absolute atomic E-state index is 5.42. The van der Waals surface area contributed by atoms with E-state index in [9.17, 15) is 0 Å². The number of hydrogen-bond acceptors (Lipinski definition) is 6. The molecule has 4 nitrogen and oxygen atoms in total. The zero-order valence-corrected chi connectivity index (χ0v) is 18.1. The van der Waals surface area contributed by atoms with Crippen molar-refractivity contribution in [2.24, 2.45) is 10.9 Å². The monoisotopic (exact) mass is 414 g/mol. The van der Waals surface area contributed by atoms with Gasteiger partial charge in [0.2, 0.25) is 0 Å². The van der Waals surface area contributed by atoms with E-state index in [1.165, 1.54) is 29.7 Å². The van der Waals surface area contributed by atoms with E-state index in [4.69, 9.17) is 14.5 Å². The largest absolute Gasteiger partial charge is 0.493 e. The van der Waals surface area contributed by atoms with Gasteiger partial charge in [0.1, 0.15) is 0 Å². The van der Waals surface area contributed by atoms with E-state index >= 15 is 0 Å². The summed E-state index contributed by atoms with van der Waals surface area (Å²) >= 11 is 3.50. The highest BCUT2D eigenvalue weighted by atomic mass is 32.2. The molecule has 0 aromatic heterocycles. The molecule has 148 valence electrons. The van der Waals surface area contributed by atoms with Crippen LogP contribution in [0.3, 0.4) is 0 Å². The molecule has 6 heteroatoms. The predicted octanol–water partition coefficient (Wildman–Crippen LogP) is 5.88. The molecule has 2 aromatic carbocycles. The lowest BCUT2D eigenvalue weighted by atomic mass is 9.94. The van der Waals surface area contributed by atoms with Crippen LogP contribution in [0.25, 0.3) is 0 Å². The Hall–Kier alpha value is -1.79. The van der Waals surface area contributed by atoms with Crippen LogP contribution >= 0.6 is 23.5 Å². The highest BCUT2D eigenvalue weighted by molar-refractivity contribution is 8.00. The number of benzene rings is 2. The summed E-state index contributed by atoms with van der Waals surface area (Å²) in [5.41, 5.74) is 2.39. The van der Waals surface area contributed by atoms with Gasteiger partial charge in [0, 0.05) is 28.0 Å². The summed E-state index contributed by atoms with van der Waals surface area (Å²) in [6.07, 6.45) is 8.16. The van der Waals surface area contributed by atoms with E-state index in [2.05, 4.69) is 42.1 Å². The van der Waals surface area contributed by atoms with E-state index in [1.807, 2.05) is 12.1 Å². The minimum Gasteiger partial charge on any atom is -0.493 e. The van der Waals surface area contributed by atoms with Crippen molar-refractivity contribution in [3.8, 4) is 11.5 Å². The van der Waals surface area contributed by atoms with Crippen LogP contribution in [0.5, 0.6) is 11.5 Å². The van der Waals surface area contributed by atoms with Gasteiger partial charge in [-0.25, -0.2) is 0 Å². The molecule has 0 bridgehead atoms. The van der Waals surface area contributed by atoms with Crippen molar-refractivity contribution in [2.75, 3.05) is 25.8 Å². The average Bonchev–Trinajstić information content (AvgIpc) is 3.47. The van der Waals surface area contributed by atoms with Crippen molar-refractivity contribution < 1.29 is 9.47 Å². The Kier molecular flexibility index (Phi) is 6.07. The van der Waals surface area contributed by atoms with Crippen LogP contribution in [0.2, 0.25) is 0 Å². The molecule has 28 heavy (non-hydrogen) atoms. The summed E-state index contributed by atoms with van der Waals surface area (Å²) < 4.78 is 10.8. The third kappa shape index (κ3) is 4.44. The number of fused-ring (bicyclic) bond motifs is 1. The molecule has 2 aliphatic rings. The van der Waals surface area contributed by atoms with Gasteiger partial charge < -0.3 is 14.8 Å². The summed E-state index contributed by atoms with van der Waals surface area (Å²) in [4.78, 5) is 7.33. The minimum absolute atomic E-state index is 0.0148. The number of nitrogens with one attached hydrogen (secondary N) is 1. The molecule has 0 amide bonds. The van der Waals surface area contributed by atoms with Gasteiger partial charge in [0.05, 0.1) is 19.9 Å². The maximum Gasteiger partial charge on any atom is 0.170 e. The Morgan fingerprint density at radius 3 is 2.54 bits per heavy atom. The molecule has 1 saturated carbocycles. The van der Waals surface area contributed by atoms with E-state index < -0.39 is 0 Å². The van der Waals surface area contributed by atoms with Gasteiger partial charge in [0.25, 0.3) is 0 Å². The fraction of sp³-hybridized carbons (Fsp3) is 0.409. The van der Waals surface area contributed by atoms with Crippen molar-refractivity contribution in [1.29, 1.82) is 0 Å². The molecule has 1 aliphatic heterocycles. The first-order chi connectivity index (χ1) is 13.7. The van der Waals surface area contributed by atoms with Crippen molar-refractivity contribution >= 4 is 35.4 Å². The van der Waals surface area contributed by atoms with Crippen LogP contribution in [0.1, 0.15) is 30.7 Å². The predicted molar refractivity (Wildman–Crippen MR) is 120 cm³/mol. The molecule has 1 fully saturated rings. The smallest absolute Gasteiger partial charge is 0.170 e. The molecule has 2 atom stereocenters. The third-order valence-electron chi connectivity index (χ3n) is 5.23. The molecule has 0 saturated heterocycles. The average molecular weight is 415 g/mol. The highest BCUT2D eigenvalue weighted by Gasteiger charge is 2.27. The fourth-order valence-corrected chi connectivity index (χ4v) is 4.84. The maximum atomic E-state index is 5.42. The van der Waals surface area contributed by atoms with E-state index in [-0.39, 0.29) is 5.50 Å². The summed E-state index contributed by atoms with van der Waals surface area (Å²) in [6, 6.07) is 12.9. The minimum atomic E-state index is -0.0148. The summed E-state index contributed by atoms with van der Waals surface area (Å²) in [5.74, 6) is 2.71. The van der Waals surface area contributed by atoms with Gasteiger partial charge >= 0.3 is 0 Å². The van der Waals surface area contributed by atoms with Crippen LogP contribution in [-0.2, 0) is 0 Å². The SMILES string of the molecule is COc1cc2c(cc1OC)SC(/N=C/C(CC1CC1)c1ccc(SC)cc1)N2. The molecular formula is C22H26N2O2S2. The Morgan fingerprint density at radius 1 is 1.18 bits per heavy atom. The zero-order valence-electron chi connectivity index (χ0n) is 16.5. The molecule has 1 N–H and O–H groups in total. The van der Waals surface area contributed by atoms with Crippen molar-refractivity contribution in [1.82, 2.24) is 0 Å². The Labute approximate surface area is 175 Å². The number of hydrogen-bond donors (Lipinski definition) is 1. The Morgan fingerprint density at radius 2 is 1.89 bits per heavy atom. The molecule has 0 radical (unpaired) electrons. The Bertz CT molecular complexity index is 817. The number of aliphatic imine (C=N–C) groups is 1. The second kappa shape index (κ2) is 8.70. The normalized spacial score (nSPS) is 19.3. The van der Waals surface area contributed by atoms with Gasteiger partial charge in [-0.1, -0.05) is 36.7 Å². The van der Waals surface area contributed by atoms with Crippen LogP contribution in [0.15, 0.2) is 51.2 Å². The van der Waals surface area contributed by atoms with Gasteiger partial charge in [0.15, 0.2) is 17.0 Å². The van der Waals surface area contributed by atoms with Gasteiger partial charge in [-0.3, -0.25) is 4.99 Å². The molecule has 2 unspecified atom stereocenters. The number of anilines is 1. The quantitative estimate of drug-likeness (QED) is 0.431. The van der Waals surface area contributed by atoms with Crippen molar-refractivity contribution in [3.05, 3.63) is 42.0 Å². The lowest BCUT2D eigenvalue weighted by Gasteiger charge is -2.14. The zero-order chi connectivity index (χ0) is 19.5. The molecule has 1 aliphatic carbocycles. The molecule has 1 heterocycles. The van der Waals surface area contributed by atoms with E-state index in [0.29, 0.717) is 5.92 Å². The summed E-state index contributed by atoms with van der Waals surface area (Å²) in [5, 5.41) is 3.48.